The average Bonchev–Trinajstić information content (AvgIpc) is 2.07. The van der Waals surface area contributed by atoms with Crippen LogP contribution < -0.4 is 10.9 Å². The molecule has 15 heavy (non-hydrogen) atoms. The fourth-order valence-corrected chi connectivity index (χ4v) is 1.86. The molecule has 0 atom stereocenters. The lowest BCUT2D eigenvalue weighted by Crippen LogP contribution is -2.47. The van der Waals surface area contributed by atoms with E-state index in [1.807, 2.05) is 0 Å². The minimum absolute atomic E-state index is 0.0219. The van der Waals surface area contributed by atoms with Gasteiger partial charge in [0.05, 0.1) is 11.0 Å². The third-order valence-corrected chi connectivity index (χ3v) is 2.77. The summed E-state index contributed by atoms with van der Waals surface area (Å²) in [4.78, 5) is 21.6. The van der Waals surface area contributed by atoms with Crippen LogP contribution in [0.4, 0.5) is 5.69 Å². The maximum absolute atomic E-state index is 11.7. The lowest BCUT2D eigenvalue weighted by molar-refractivity contribution is -0.386. The van der Waals surface area contributed by atoms with Gasteiger partial charge in [-0.25, -0.2) is 0 Å². The van der Waals surface area contributed by atoms with E-state index in [4.69, 9.17) is 0 Å². The topological polar surface area (TPSA) is 77.2 Å². The van der Waals surface area contributed by atoms with Gasteiger partial charge in [-0.15, -0.1) is 0 Å². The molecule has 0 spiro atoms. The zero-order valence-corrected chi connectivity index (χ0v) is 9.23. The van der Waals surface area contributed by atoms with Crippen molar-refractivity contribution in [2.45, 2.75) is 6.04 Å². The van der Waals surface area contributed by atoms with E-state index in [0.717, 1.165) is 0 Å². The minimum Gasteiger partial charge on any atom is -0.313 e. The van der Waals surface area contributed by atoms with E-state index in [0.29, 0.717) is 17.6 Å². The molecule has 0 saturated carbocycles. The van der Waals surface area contributed by atoms with Crippen LogP contribution >= 0.6 is 15.9 Å². The Morgan fingerprint density at radius 1 is 1.60 bits per heavy atom. The predicted molar refractivity (Wildman–Crippen MR) is 57.0 cm³/mol. The first-order chi connectivity index (χ1) is 7.09. The smallest absolute Gasteiger partial charge is 0.313 e. The zero-order chi connectivity index (χ0) is 11.0. The highest BCUT2D eigenvalue weighted by atomic mass is 79.9. The number of aromatic nitrogens is 1. The number of nitrogens with zero attached hydrogens (tertiary/aromatic N) is 2. The molecule has 80 valence electrons. The molecule has 1 aliphatic heterocycles. The maximum Gasteiger partial charge on any atom is 0.335 e. The lowest BCUT2D eigenvalue weighted by atomic mass is 10.2. The van der Waals surface area contributed by atoms with Crippen LogP contribution in [-0.4, -0.2) is 22.6 Å². The third kappa shape index (κ3) is 1.80. The van der Waals surface area contributed by atoms with Gasteiger partial charge in [0.15, 0.2) is 0 Å². The van der Waals surface area contributed by atoms with Gasteiger partial charge in [0.25, 0.3) is 0 Å². The van der Waals surface area contributed by atoms with Crippen LogP contribution in [0.2, 0.25) is 0 Å². The first-order valence-corrected chi connectivity index (χ1v) is 5.15. The van der Waals surface area contributed by atoms with Crippen molar-refractivity contribution in [3.8, 4) is 0 Å². The molecule has 0 amide bonds. The molecule has 1 fully saturated rings. The highest BCUT2D eigenvalue weighted by molar-refractivity contribution is 9.10. The van der Waals surface area contributed by atoms with Crippen LogP contribution in [0.3, 0.4) is 0 Å². The van der Waals surface area contributed by atoms with E-state index in [1.165, 1.54) is 10.6 Å². The molecule has 1 N–H and O–H groups in total. The highest BCUT2D eigenvalue weighted by Crippen LogP contribution is 2.17. The lowest BCUT2D eigenvalue weighted by Gasteiger charge is -2.28. The Morgan fingerprint density at radius 3 is 2.73 bits per heavy atom. The Kier molecular flexibility index (Phi) is 2.57. The SMILES string of the molecule is O=c1c([N+](=O)[O-])cc(Br)cn1C1CNC1. The summed E-state index contributed by atoms with van der Waals surface area (Å²) in [6, 6.07) is 1.25. The Labute approximate surface area is 93.2 Å². The molecule has 0 radical (unpaired) electrons. The second kappa shape index (κ2) is 3.74. The maximum atomic E-state index is 11.7. The van der Waals surface area contributed by atoms with E-state index < -0.39 is 16.2 Å². The second-order valence-corrected chi connectivity index (χ2v) is 4.24. The molecule has 0 aromatic carbocycles. The van der Waals surface area contributed by atoms with Crippen LogP contribution in [-0.2, 0) is 0 Å². The number of rotatable bonds is 2. The summed E-state index contributed by atoms with van der Waals surface area (Å²) >= 11 is 3.15. The van der Waals surface area contributed by atoms with Crippen molar-refractivity contribution in [1.29, 1.82) is 0 Å². The van der Waals surface area contributed by atoms with Crippen LogP contribution in [0.1, 0.15) is 6.04 Å². The molecule has 1 aromatic rings. The quantitative estimate of drug-likeness (QED) is 0.635. The number of nitrogens with one attached hydrogen (secondary N) is 1. The summed E-state index contributed by atoms with van der Waals surface area (Å²) in [5.41, 5.74) is -0.939. The van der Waals surface area contributed by atoms with Crippen molar-refractivity contribution in [2.24, 2.45) is 0 Å². The van der Waals surface area contributed by atoms with Crippen molar-refractivity contribution in [3.05, 3.63) is 37.2 Å². The van der Waals surface area contributed by atoms with Crippen LogP contribution in [0.5, 0.6) is 0 Å². The fraction of sp³-hybridized carbons (Fsp3) is 0.375. The molecule has 2 rings (SSSR count). The molecular formula is C8H8BrN3O3. The summed E-state index contributed by atoms with van der Waals surface area (Å²) in [7, 11) is 0. The number of hydrogen-bond donors (Lipinski definition) is 1. The number of pyridine rings is 1. The fourth-order valence-electron chi connectivity index (χ4n) is 1.43. The molecule has 0 unspecified atom stereocenters. The molecule has 0 bridgehead atoms. The zero-order valence-electron chi connectivity index (χ0n) is 7.64. The van der Waals surface area contributed by atoms with Crippen molar-refractivity contribution in [2.75, 3.05) is 13.1 Å². The number of halogens is 1. The summed E-state index contributed by atoms with van der Waals surface area (Å²) < 4.78 is 1.94. The van der Waals surface area contributed by atoms with E-state index in [2.05, 4.69) is 21.2 Å². The monoisotopic (exact) mass is 273 g/mol. The summed E-state index contributed by atoms with van der Waals surface area (Å²) in [6.45, 7) is 1.35. The van der Waals surface area contributed by atoms with Crippen LogP contribution in [0, 0.1) is 10.1 Å². The van der Waals surface area contributed by atoms with Gasteiger partial charge >= 0.3 is 11.2 Å². The van der Waals surface area contributed by atoms with E-state index in [1.54, 1.807) is 6.20 Å². The van der Waals surface area contributed by atoms with Gasteiger partial charge in [0.1, 0.15) is 0 Å². The Balaban J connectivity index is 2.54. The van der Waals surface area contributed by atoms with Gasteiger partial charge in [-0.2, -0.15) is 0 Å². The molecule has 1 aromatic heterocycles. The van der Waals surface area contributed by atoms with Crippen LogP contribution in [0.25, 0.3) is 0 Å². The predicted octanol–water partition coefficient (Wildman–Crippen LogP) is 0.663. The highest BCUT2D eigenvalue weighted by Gasteiger charge is 2.24. The van der Waals surface area contributed by atoms with Crippen molar-refractivity contribution in [3.63, 3.8) is 0 Å². The molecule has 1 saturated heterocycles. The second-order valence-electron chi connectivity index (χ2n) is 3.33. The van der Waals surface area contributed by atoms with Crippen LogP contribution in [0.15, 0.2) is 21.5 Å². The summed E-state index contributed by atoms with van der Waals surface area (Å²) in [5.74, 6) is 0. The number of nitro groups is 1. The first-order valence-electron chi connectivity index (χ1n) is 4.36. The van der Waals surface area contributed by atoms with E-state index in [-0.39, 0.29) is 6.04 Å². The first kappa shape index (κ1) is 10.3. The molecule has 7 heteroatoms. The Hall–Kier alpha value is -1.21. The standard InChI is InChI=1S/C8H8BrN3O3/c9-5-1-7(12(14)15)8(13)11(4-5)6-2-10-3-6/h1,4,6,10H,2-3H2. The molecule has 0 aliphatic carbocycles. The van der Waals surface area contributed by atoms with Crippen molar-refractivity contribution >= 4 is 21.6 Å². The largest absolute Gasteiger partial charge is 0.335 e. The van der Waals surface area contributed by atoms with Gasteiger partial charge < -0.3 is 9.88 Å². The Bertz CT molecular complexity index is 467. The third-order valence-electron chi connectivity index (χ3n) is 2.34. The van der Waals surface area contributed by atoms with Gasteiger partial charge in [-0.05, 0) is 15.9 Å². The van der Waals surface area contributed by atoms with Gasteiger partial charge in [0.2, 0.25) is 0 Å². The van der Waals surface area contributed by atoms with Crippen molar-refractivity contribution in [1.82, 2.24) is 9.88 Å². The van der Waals surface area contributed by atoms with Gasteiger partial charge in [-0.1, -0.05) is 0 Å². The van der Waals surface area contributed by atoms with E-state index >= 15 is 0 Å². The summed E-state index contributed by atoms with van der Waals surface area (Å²) in [6.07, 6.45) is 1.58. The Morgan fingerprint density at radius 2 is 2.27 bits per heavy atom. The summed E-state index contributed by atoms with van der Waals surface area (Å²) in [5, 5.41) is 13.6. The molecular weight excluding hydrogens is 266 g/mol. The van der Waals surface area contributed by atoms with Crippen molar-refractivity contribution < 1.29 is 4.92 Å². The molecule has 6 nitrogen and oxygen atoms in total. The molecule has 1 aliphatic rings. The van der Waals surface area contributed by atoms with Gasteiger partial charge in [-0.3, -0.25) is 14.9 Å². The molecule has 2 heterocycles. The van der Waals surface area contributed by atoms with Gasteiger partial charge in [0, 0.05) is 29.8 Å². The average molecular weight is 274 g/mol. The normalized spacial score (nSPS) is 16.1. The minimum atomic E-state index is -0.657. The van der Waals surface area contributed by atoms with E-state index in [9.17, 15) is 14.9 Å². The number of hydrogen-bond acceptors (Lipinski definition) is 4.